The molecule has 2 aliphatic rings. The molecule has 0 radical (unpaired) electrons. The lowest BCUT2D eigenvalue weighted by Gasteiger charge is -2.21. The van der Waals surface area contributed by atoms with Crippen LogP contribution in [0.5, 0.6) is 0 Å². The highest BCUT2D eigenvalue weighted by molar-refractivity contribution is 6.08. The average Bonchev–Trinajstić information content (AvgIpc) is 3.09. The van der Waals surface area contributed by atoms with Gasteiger partial charge in [0.1, 0.15) is 5.54 Å². The Bertz CT molecular complexity index is 638. The zero-order valence-electron chi connectivity index (χ0n) is 12.0. The van der Waals surface area contributed by atoms with E-state index in [1.165, 1.54) is 0 Å². The Labute approximate surface area is 121 Å². The van der Waals surface area contributed by atoms with Crippen LogP contribution in [0.15, 0.2) is 6.20 Å². The van der Waals surface area contributed by atoms with Gasteiger partial charge in [0.25, 0.3) is 11.8 Å². The standard InChI is InChI=1S/C13H17N5O3/c1-3-9-8(6-17(2)16-9)10(19)18-5-4-13(7-18)11(20)14-12(21)15-13/h6H,3-5,7H2,1-2H3,(H2,14,15,20,21). The van der Waals surface area contributed by atoms with E-state index in [-0.39, 0.29) is 18.4 Å². The molecule has 1 unspecified atom stereocenters. The molecule has 0 aromatic carbocycles. The van der Waals surface area contributed by atoms with Crippen LogP contribution in [-0.2, 0) is 18.3 Å². The van der Waals surface area contributed by atoms with Crippen LogP contribution in [0, 0.1) is 0 Å². The number of aryl methyl sites for hydroxylation is 2. The SMILES string of the molecule is CCc1nn(C)cc1C(=O)N1CCC2(C1)NC(=O)NC2=O. The number of amides is 4. The lowest BCUT2D eigenvalue weighted by molar-refractivity contribution is -0.123. The molecule has 21 heavy (non-hydrogen) atoms. The Kier molecular flexibility index (Phi) is 2.96. The number of nitrogens with zero attached hydrogens (tertiary/aromatic N) is 3. The highest BCUT2D eigenvalue weighted by Gasteiger charge is 2.51. The molecule has 0 aliphatic carbocycles. The quantitative estimate of drug-likeness (QED) is 0.712. The summed E-state index contributed by atoms with van der Waals surface area (Å²) in [6.07, 6.45) is 2.79. The summed E-state index contributed by atoms with van der Waals surface area (Å²) in [5.41, 5.74) is 0.326. The molecule has 2 saturated heterocycles. The predicted octanol–water partition coefficient (Wildman–Crippen LogP) is -0.593. The number of likely N-dealkylation sites (tertiary alicyclic amines) is 1. The number of hydrogen-bond acceptors (Lipinski definition) is 4. The maximum atomic E-state index is 12.6. The van der Waals surface area contributed by atoms with Crippen molar-refractivity contribution in [3.05, 3.63) is 17.5 Å². The molecule has 1 aromatic rings. The molecule has 0 saturated carbocycles. The summed E-state index contributed by atoms with van der Waals surface area (Å²) in [6, 6.07) is -0.495. The Morgan fingerprint density at radius 2 is 2.24 bits per heavy atom. The summed E-state index contributed by atoms with van der Waals surface area (Å²) >= 11 is 0. The first-order valence-corrected chi connectivity index (χ1v) is 6.90. The van der Waals surface area contributed by atoms with E-state index in [0.717, 1.165) is 5.69 Å². The number of nitrogens with one attached hydrogen (secondary N) is 2. The fraction of sp³-hybridized carbons (Fsp3) is 0.538. The number of hydrogen-bond donors (Lipinski definition) is 2. The molecule has 1 aromatic heterocycles. The average molecular weight is 291 g/mol. The number of rotatable bonds is 2. The predicted molar refractivity (Wildman–Crippen MR) is 72.5 cm³/mol. The van der Waals surface area contributed by atoms with Crippen LogP contribution < -0.4 is 10.6 Å². The lowest BCUT2D eigenvalue weighted by atomic mass is 9.99. The normalized spacial score (nSPS) is 24.6. The van der Waals surface area contributed by atoms with E-state index in [1.54, 1.807) is 22.8 Å². The van der Waals surface area contributed by atoms with Crippen LogP contribution in [0.2, 0.25) is 0 Å². The minimum absolute atomic E-state index is 0.147. The van der Waals surface area contributed by atoms with Gasteiger partial charge in [0, 0.05) is 19.8 Å². The molecule has 3 rings (SSSR count). The molecule has 1 atom stereocenters. The third kappa shape index (κ3) is 2.07. The van der Waals surface area contributed by atoms with E-state index < -0.39 is 11.6 Å². The molecule has 112 valence electrons. The Balaban J connectivity index is 1.81. The monoisotopic (exact) mass is 291 g/mol. The van der Waals surface area contributed by atoms with Crippen LogP contribution in [0.25, 0.3) is 0 Å². The lowest BCUT2D eigenvalue weighted by Crippen LogP contribution is -2.49. The van der Waals surface area contributed by atoms with E-state index in [0.29, 0.717) is 24.9 Å². The van der Waals surface area contributed by atoms with E-state index >= 15 is 0 Å². The van der Waals surface area contributed by atoms with Gasteiger partial charge in [-0.2, -0.15) is 5.10 Å². The molecule has 2 fully saturated rings. The topological polar surface area (TPSA) is 96.3 Å². The molecular formula is C13H17N5O3. The second kappa shape index (κ2) is 4.57. The van der Waals surface area contributed by atoms with Crippen LogP contribution in [0.1, 0.15) is 29.4 Å². The van der Waals surface area contributed by atoms with Gasteiger partial charge in [-0.3, -0.25) is 19.6 Å². The first-order valence-electron chi connectivity index (χ1n) is 6.90. The van der Waals surface area contributed by atoms with Crippen molar-refractivity contribution >= 4 is 17.8 Å². The van der Waals surface area contributed by atoms with Gasteiger partial charge in [-0.25, -0.2) is 4.79 Å². The van der Waals surface area contributed by atoms with Gasteiger partial charge in [-0.15, -0.1) is 0 Å². The minimum atomic E-state index is -0.971. The summed E-state index contributed by atoms with van der Waals surface area (Å²) < 4.78 is 1.61. The first kappa shape index (κ1) is 13.6. The van der Waals surface area contributed by atoms with Crippen LogP contribution in [-0.4, -0.2) is 51.2 Å². The second-order valence-corrected chi connectivity index (χ2v) is 5.48. The van der Waals surface area contributed by atoms with Gasteiger partial charge < -0.3 is 10.2 Å². The third-order valence-electron chi connectivity index (χ3n) is 4.04. The van der Waals surface area contributed by atoms with Gasteiger partial charge in [0.05, 0.1) is 17.8 Å². The third-order valence-corrected chi connectivity index (χ3v) is 4.04. The van der Waals surface area contributed by atoms with Crippen molar-refractivity contribution in [2.75, 3.05) is 13.1 Å². The second-order valence-electron chi connectivity index (χ2n) is 5.48. The maximum Gasteiger partial charge on any atom is 0.322 e. The first-order chi connectivity index (χ1) is 9.95. The van der Waals surface area contributed by atoms with Crippen molar-refractivity contribution < 1.29 is 14.4 Å². The molecule has 2 N–H and O–H groups in total. The minimum Gasteiger partial charge on any atom is -0.336 e. The number of carbonyl (C=O) groups excluding carboxylic acids is 3. The molecule has 8 nitrogen and oxygen atoms in total. The fourth-order valence-electron chi connectivity index (χ4n) is 2.94. The molecule has 0 bridgehead atoms. The fourth-order valence-corrected chi connectivity index (χ4v) is 2.94. The largest absolute Gasteiger partial charge is 0.336 e. The van der Waals surface area contributed by atoms with Crippen LogP contribution in [0.3, 0.4) is 0 Å². The van der Waals surface area contributed by atoms with Crippen molar-refractivity contribution in [1.82, 2.24) is 25.3 Å². The molecule has 4 amide bonds. The van der Waals surface area contributed by atoms with E-state index in [2.05, 4.69) is 15.7 Å². The van der Waals surface area contributed by atoms with Crippen molar-refractivity contribution in [2.24, 2.45) is 7.05 Å². The van der Waals surface area contributed by atoms with Crippen LogP contribution in [0.4, 0.5) is 4.79 Å². The highest BCUT2D eigenvalue weighted by atomic mass is 16.2. The summed E-state index contributed by atoms with van der Waals surface area (Å²) in [7, 11) is 1.77. The van der Waals surface area contributed by atoms with E-state index in [1.807, 2.05) is 6.92 Å². The van der Waals surface area contributed by atoms with E-state index in [9.17, 15) is 14.4 Å². The molecular weight excluding hydrogens is 274 g/mol. The van der Waals surface area contributed by atoms with Crippen molar-refractivity contribution in [3.8, 4) is 0 Å². The van der Waals surface area contributed by atoms with Crippen molar-refractivity contribution in [1.29, 1.82) is 0 Å². The Morgan fingerprint density at radius 1 is 1.48 bits per heavy atom. The molecule has 1 spiro atoms. The van der Waals surface area contributed by atoms with Gasteiger partial charge in [-0.05, 0) is 12.8 Å². The summed E-state index contributed by atoms with van der Waals surface area (Å²) in [4.78, 5) is 37.4. The smallest absolute Gasteiger partial charge is 0.322 e. The van der Waals surface area contributed by atoms with Gasteiger partial charge >= 0.3 is 6.03 Å². The number of urea groups is 1. The summed E-state index contributed by atoms with van der Waals surface area (Å²) in [5.74, 6) is -0.504. The number of imide groups is 1. The van der Waals surface area contributed by atoms with Crippen molar-refractivity contribution in [3.63, 3.8) is 0 Å². The van der Waals surface area contributed by atoms with Crippen molar-refractivity contribution in [2.45, 2.75) is 25.3 Å². The molecule has 2 aliphatic heterocycles. The number of aromatic nitrogens is 2. The maximum absolute atomic E-state index is 12.6. The number of carbonyl (C=O) groups is 3. The van der Waals surface area contributed by atoms with Gasteiger partial charge in [0.15, 0.2) is 0 Å². The van der Waals surface area contributed by atoms with E-state index in [4.69, 9.17) is 0 Å². The van der Waals surface area contributed by atoms with Gasteiger partial charge in [0.2, 0.25) is 0 Å². The Hall–Kier alpha value is -2.38. The summed E-state index contributed by atoms with van der Waals surface area (Å²) in [6.45, 7) is 2.57. The highest BCUT2D eigenvalue weighted by Crippen LogP contribution is 2.26. The van der Waals surface area contributed by atoms with Crippen LogP contribution >= 0.6 is 0 Å². The molecule has 3 heterocycles. The molecule has 8 heteroatoms. The Morgan fingerprint density at radius 3 is 2.86 bits per heavy atom. The van der Waals surface area contributed by atoms with Gasteiger partial charge in [-0.1, -0.05) is 6.92 Å². The zero-order valence-corrected chi connectivity index (χ0v) is 12.0. The zero-order chi connectivity index (χ0) is 15.2. The summed E-state index contributed by atoms with van der Waals surface area (Å²) in [5, 5.41) is 9.12.